The van der Waals surface area contributed by atoms with Gasteiger partial charge >= 0.3 is 5.97 Å². The fraction of sp³-hybridized carbons (Fsp3) is 0.385. The van der Waals surface area contributed by atoms with Crippen LogP contribution in [-0.4, -0.2) is 24.2 Å². The number of nitriles is 1. The van der Waals surface area contributed by atoms with E-state index in [0.717, 1.165) is 18.7 Å². The molecular formula is C13H13ClN2O2. The van der Waals surface area contributed by atoms with Crippen molar-refractivity contribution in [1.29, 1.82) is 5.26 Å². The van der Waals surface area contributed by atoms with Crippen LogP contribution < -0.4 is 4.90 Å². The molecule has 18 heavy (non-hydrogen) atoms. The summed E-state index contributed by atoms with van der Waals surface area (Å²) in [5, 5.41) is 18.3. The van der Waals surface area contributed by atoms with E-state index in [0.29, 0.717) is 17.1 Å². The predicted molar refractivity (Wildman–Crippen MR) is 68.7 cm³/mol. The number of halogens is 1. The third-order valence-corrected chi connectivity index (χ3v) is 3.51. The summed E-state index contributed by atoms with van der Waals surface area (Å²) >= 11 is 5.99. The number of carboxylic acids is 1. The van der Waals surface area contributed by atoms with Gasteiger partial charge in [-0.2, -0.15) is 5.26 Å². The van der Waals surface area contributed by atoms with Crippen LogP contribution in [0.25, 0.3) is 0 Å². The number of hydrogen-bond acceptors (Lipinski definition) is 3. The summed E-state index contributed by atoms with van der Waals surface area (Å²) in [6.07, 6.45) is 1.02. The van der Waals surface area contributed by atoms with E-state index in [1.807, 2.05) is 17.0 Å². The van der Waals surface area contributed by atoms with E-state index in [-0.39, 0.29) is 12.3 Å². The first kappa shape index (κ1) is 12.7. The molecule has 1 aromatic rings. The molecule has 1 saturated heterocycles. The van der Waals surface area contributed by atoms with Crippen molar-refractivity contribution in [1.82, 2.24) is 0 Å². The van der Waals surface area contributed by atoms with Crippen molar-refractivity contribution in [2.75, 3.05) is 18.0 Å². The van der Waals surface area contributed by atoms with Gasteiger partial charge in [-0.05, 0) is 24.5 Å². The molecule has 0 spiro atoms. The Kier molecular flexibility index (Phi) is 3.73. The van der Waals surface area contributed by atoms with Gasteiger partial charge in [-0.1, -0.05) is 17.7 Å². The van der Waals surface area contributed by atoms with Gasteiger partial charge in [0.2, 0.25) is 0 Å². The molecule has 0 aromatic heterocycles. The van der Waals surface area contributed by atoms with Gasteiger partial charge in [0, 0.05) is 19.5 Å². The molecule has 5 heteroatoms. The molecule has 1 heterocycles. The molecule has 1 unspecified atom stereocenters. The van der Waals surface area contributed by atoms with Gasteiger partial charge in [0.1, 0.15) is 6.07 Å². The lowest BCUT2D eigenvalue weighted by atomic mass is 10.1. The van der Waals surface area contributed by atoms with Gasteiger partial charge < -0.3 is 10.0 Å². The first-order chi connectivity index (χ1) is 8.61. The number of carbonyl (C=O) groups is 1. The SMILES string of the molecule is N#Cc1c(Cl)cccc1N1CCC(CC(=O)O)C1. The Balaban J connectivity index is 2.17. The van der Waals surface area contributed by atoms with Gasteiger partial charge in [-0.25, -0.2) is 0 Å². The van der Waals surface area contributed by atoms with E-state index in [4.69, 9.17) is 22.0 Å². The van der Waals surface area contributed by atoms with Crippen LogP contribution in [0.3, 0.4) is 0 Å². The quantitative estimate of drug-likeness (QED) is 0.911. The summed E-state index contributed by atoms with van der Waals surface area (Å²) in [4.78, 5) is 12.7. The summed E-state index contributed by atoms with van der Waals surface area (Å²) in [5.41, 5.74) is 1.27. The number of carboxylic acid groups (broad SMARTS) is 1. The minimum Gasteiger partial charge on any atom is -0.481 e. The molecule has 2 rings (SSSR count). The smallest absolute Gasteiger partial charge is 0.303 e. The molecule has 1 aromatic carbocycles. The highest BCUT2D eigenvalue weighted by Gasteiger charge is 2.26. The van der Waals surface area contributed by atoms with Gasteiger partial charge in [0.25, 0.3) is 0 Å². The van der Waals surface area contributed by atoms with E-state index in [2.05, 4.69) is 6.07 Å². The second-order valence-electron chi connectivity index (χ2n) is 4.44. The minimum atomic E-state index is -0.770. The normalized spacial score (nSPS) is 18.7. The Morgan fingerprint density at radius 2 is 2.39 bits per heavy atom. The lowest BCUT2D eigenvalue weighted by Crippen LogP contribution is -2.21. The minimum absolute atomic E-state index is 0.146. The maximum atomic E-state index is 10.7. The Bertz CT molecular complexity index is 510. The molecular weight excluding hydrogens is 252 g/mol. The average Bonchev–Trinajstić information content (AvgIpc) is 2.76. The second-order valence-corrected chi connectivity index (χ2v) is 4.85. The highest BCUT2D eigenvalue weighted by molar-refractivity contribution is 6.32. The summed E-state index contributed by atoms with van der Waals surface area (Å²) in [6.45, 7) is 1.44. The molecule has 0 saturated carbocycles. The number of nitrogens with zero attached hydrogens (tertiary/aromatic N) is 2. The van der Waals surface area contributed by atoms with Gasteiger partial charge in [0.05, 0.1) is 16.3 Å². The van der Waals surface area contributed by atoms with Gasteiger partial charge in [0.15, 0.2) is 0 Å². The summed E-state index contributed by atoms with van der Waals surface area (Å²) in [7, 11) is 0. The number of hydrogen-bond donors (Lipinski definition) is 1. The van der Waals surface area contributed by atoms with Gasteiger partial charge in [-0.3, -0.25) is 4.79 Å². The van der Waals surface area contributed by atoms with Crippen LogP contribution in [0.15, 0.2) is 18.2 Å². The fourth-order valence-corrected chi connectivity index (χ4v) is 2.56. The van der Waals surface area contributed by atoms with Crippen molar-refractivity contribution in [3.63, 3.8) is 0 Å². The number of aliphatic carboxylic acids is 1. The van der Waals surface area contributed by atoms with Gasteiger partial charge in [-0.15, -0.1) is 0 Å². The molecule has 4 nitrogen and oxygen atoms in total. The fourth-order valence-electron chi connectivity index (χ4n) is 2.35. The zero-order valence-electron chi connectivity index (χ0n) is 9.77. The van der Waals surface area contributed by atoms with Crippen LogP contribution in [-0.2, 0) is 4.79 Å². The first-order valence-electron chi connectivity index (χ1n) is 5.77. The van der Waals surface area contributed by atoms with Crippen molar-refractivity contribution in [3.8, 4) is 6.07 Å². The Morgan fingerprint density at radius 1 is 1.61 bits per heavy atom. The number of rotatable bonds is 3. The standard InChI is InChI=1S/C13H13ClN2O2/c14-11-2-1-3-12(10(11)7-15)16-5-4-9(8-16)6-13(17)18/h1-3,9H,4-6,8H2,(H,17,18). The molecule has 1 N–H and O–H groups in total. The van der Waals surface area contributed by atoms with Crippen molar-refractivity contribution in [2.24, 2.45) is 5.92 Å². The van der Waals surface area contributed by atoms with Crippen LogP contribution in [0, 0.1) is 17.2 Å². The van der Waals surface area contributed by atoms with E-state index < -0.39 is 5.97 Å². The maximum absolute atomic E-state index is 10.7. The molecule has 0 bridgehead atoms. The highest BCUT2D eigenvalue weighted by Crippen LogP contribution is 2.31. The van der Waals surface area contributed by atoms with Crippen molar-refractivity contribution < 1.29 is 9.90 Å². The lowest BCUT2D eigenvalue weighted by molar-refractivity contribution is -0.137. The predicted octanol–water partition coefficient (Wildman–Crippen LogP) is 2.51. The Morgan fingerprint density at radius 3 is 3.06 bits per heavy atom. The molecule has 0 amide bonds. The Hall–Kier alpha value is -1.73. The summed E-state index contributed by atoms with van der Waals surface area (Å²) in [5.74, 6) is -0.624. The summed E-state index contributed by atoms with van der Waals surface area (Å²) in [6, 6.07) is 7.46. The van der Waals surface area contributed by atoms with E-state index >= 15 is 0 Å². The zero-order chi connectivity index (χ0) is 13.1. The number of benzene rings is 1. The van der Waals surface area contributed by atoms with Crippen LogP contribution in [0.1, 0.15) is 18.4 Å². The summed E-state index contributed by atoms with van der Waals surface area (Å²) < 4.78 is 0. The third-order valence-electron chi connectivity index (χ3n) is 3.19. The molecule has 94 valence electrons. The average molecular weight is 265 g/mol. The molecule has 0 radical (unpaired) electrons. The number of anilines is 1. The second kappa shape index (κ2) is 5.28. The van der Waals surface area contributed by atoms with Crippen molar-refractivity contribution >= 4 is 23.3 Å². The maximum Gasteiger partial charge on any atom is 0.303 e. The molecule has 1 atom stereocenters. The van der Waals surface area contributed by atoms with E-state index in [9.17, 15) is 4.79 Å². The molecule has 1 aliphatic rings. The van der Waals surface area contributed by atoms with Crippen molar-refractivity contribution in [3.05, 3.63) is 28.8 Å². The Labute approximate surface area is 110 Å². The van der Waals surface area contributed by atoms with Crippen LogP contribution in [0.5, 0.6) is 0 Å². The van der Waals surface area contributed by atoms with E-state index in [1.165, 1.54) is 0 Å². The van der Waals surface area contributed by atoms with Crippen molar-refractivity contribution in [2.45, 2.75) is 12.8 Å². The highest BCUT2D eigenvalue weighted by atomic mass is 35.5. The first-order valence-corrected chi connectivity index (χ1v) is 6.15. The third kappa shape index (κ3) is 2.57. The topological polar surface area (TPSA) is 64.3 Å². The van der Waals surface area contributed by atoms with E-state index in [1.54, 1.807) is 6.07 Å². The largest absolute Gasteiger partial charge is 0.481 e. The molecule has 1 aliphatic heterocycles. The monoisotopic (exact) mass is 264 g/mol. The van der Waals surface area contributed by atoms with Crippen LogP contribution in [0.4, 0.5) is 5.69 Å². The zero-order valence-corrected chi connectivity index (χ0v) is 10.5. The van der Waals surface area contributed by atoms with Crippen LogP contribution >= 0.6 is 11.6 Å². The molecule has 1 fully saturated rings. The lowest BCUT2D eigenvalue weighted by Gasteiger charge is -2.20. The van der Waals surface area contributed by atoms with Crippen LogP contribution in [0.2, 0.25) is 5.02 Å². The molecule has 0 aliphatic carbocycles.